The maximum Gasteiger partial charge on any atom is 0.0719 e. The number of aromatic nitrogens is 1. The lowest BCUT2D eigenvalue weighted by molar-refractivity contribution is 0.424. The molecule has 3 heteroatoms. The molecule has 0 spiro atoms. The molecule has 2 rings (SSSR count). The second-order valence-electron chi connectivity index (χ2n) is 5.72. The van der Waals surface area contributed by atoms with E-state index >= 15 is 0 Å². The molecule has 1 aromatic heterocycles. The fourth-order valence-electron chi connectivity index (χ4n) is 2.72. The number of nitrogens with zero attached hydrogens (tertiary/aromatic N) is 1. The molecule has 0 fully saturated rings. The molecule has 0 bridgehead atoms. The van der Waals surface area contributed by atoms with E-state index in [0.29, 0.717) is 12.0 Å². The molecule has 0 aliphatic heterocycles. The highest BCUT2D eigenvalue weighted by molar-refractivity contribution is 6.31. The Balaban J connectivity index is 2.27. The van der Waals surface area contributed by atoms with Gasteiger partial charge in [-0.05, 0) is 49.1 Å². The summed E-state index contributed by atoms with van der Waals surface area (Å²) in [6.45, 7) is 7.72. The number of pyridine rings is 1. The maximum atomic E-state index is 6.04. The van der Waals surface area contributed by atoms with Crippen molar-refractivity contribution in [1.29, 1.82) is 0 Å². The highest BCUT2D eigenvalue weighted by atomic mass is 35.5. The summed E-state index contributed by atoms with van der Waals surface area (Å²) in [5.74, 6) is 0.696. The lowest BCUT2D eigenvalue weighted by atomic mass is 9.95. The number of nitrogens with one attached hydrogen (secondary N) is 1. The van der Waals surface area contributed by atoms with Gasteiger partial charge in [0.05, 0.1) is 5.52 Å². The molecule has 2 aromatic rings. The summed E-state index contributed by atoms with van der Waals surface area (Å²) in [5, 5.41) is 5.55. The monoisotopic (exact) mass is 290 g/mol. The Hall–Kier alpha value is -1.12. The molecule has 108 valence electrons. The molecule has 0 aliphatic rings. The predicted octanol–water partition coefficient (Wildman–Crippen LogP) is 4.45. The van der Waals surface area contributed by atoms with E-state index in [2.05, 4.69) is 43.2 Å². The molecule has 0 saturated carbocycles. The summed E-state index contributed by atoms with van der Waals surface area (Å²) in [6, 6.07) is 8.60. The van der Waals surface area contributed by atoms with Crippen LogP contribution in [-0.4, -0.2) is 17.6 Å². The Morgan fingerprint density at radius 2 is 2.05 bits per heavy atom. The van der Waals surface area contributed by atoms with E-state index in [1.54, 1.807) is 0 Å². The molecule has 0 aliphatic carbocycles. The normalized spacial score (nSPS) is 13.1. The van der Waals surface area contributed by atoms with Crippen LogP contribution in [0.2, 0.25) is 5.02 Å². The summed E-state index contributed by atoms with van der Waals surface area (Å²) in [6.07, 6.45) is 4.10. The van der Waals surface area contributed by atoms with Crippen molar-refractivity contribution in [2.24, 2.45) is 5.92 Å². The van der Waals surface area contributed by atoms with Gasteiger partial charge in [-0.25, -0.2) is 0 Å². The van der Waals surface area contributed by atoms with Gasteiger partial charge in [0.2, 0.25) is 0 Å². The lowest BCUT2D eigenvalue weighted by Gasteiger charge is -2.20. The van der Waals surface area contributed by atoms with Crippen LogP contribution in [0.5, 0.6) is 0 Å². The van der Waals surface area contributed by atoms with Crippen LogP contribution < -0.4 is 5.32 Å². The number of fused-ring (bicyclic) bond motifs is 1. The smallest absolute Gasteiger partial charge is 0.0719 e. The van der Waals surface area contributed by atoms with Gasteiger partial charge in [-0.3, -0.25) is 4.98 Å². The van der Waals surface area contributed by atoms with Crippen molar-refractivity contribution in [2.75, 3.05) is 6.54 Å². The van der Waals surface area contributed by atoms with Gasteiger partial charge in [-0.2, -0.15) is 0 Å². The number of likely N-dealkylation sites (N-methyl/N-ethyl adjacent to an activating group) is 1. The fraction of sp³-hybridized carbons (Fsp3) is 0.471. The van der Waals surface area contributed by atoms with Crippen LogP contribution in [0.4, 0.5) is 0 Å². The van der Waals surface area contributed by atoms with Crippen molar-refractivity contribution >= 4 is 22.5 Å². The molecule has 1 N–H and O–H groups in total. The molecule has 20 heavy (non-hydrogen) atoms. The van der Waals surface area contributed by atoms with E-state index in [1.807, 2.05) is 18.3 Å². The van der Waals surface area contributed by atoms with E-state index in [-0.39, 0.29) is 0 Å². The molecule has 2 nitrogen and oxygen atoms in total. The van der Waals surface area contributed by atoms with Gasteiger partial charge in [-0.15, -0.1) is 0 Å². The molecule has 0 radical (unpaired) electrons. The highest BCUT2D eigenvalue weighted by Gasteiger charge is 2.12. The van der Waals surface area contributed by atoms with Gasteiger partial charge < -0.3 is 5.32 Å². The van der Waals surface area contributed by atoms with Crippen LogP contribution in [0, 0.1) is 5.92 Å². The van der Waals surface area contributed by atoms with Gasteiger partial charge in [0.25, 0.3) is 0 Å². The van der Waals surface area contributed by atoms with Crippen molar-refractivity contribution in [3.63, 3.8) is 0 Å². The topological polar surface area (TPSA) is 24.9 Å². The summed E-state index contributed by atoms with van der Waals surface area (Å²) in [4.78, 5) is 4.41. The third-order valence-electron chi connectivity index (χ3n) is 3.51. The number of halogens is 1. The van der Waals surface area contributed by atoms with Gasteiger partial charge >= 0.3 is 0 Å². The number of hydrogen-bond acceptors (Lipinski definition) is 2. The first-order valence-corrected chi connectivity index (χ1v) is 7.74. The number of benzene rings is 1. The average molecular weight is 291 g/mol. The van der Waals surface area contributed by atoms with Crippen molar-refractivity contribution in [3.8, 4) is 0 Å². The molecule has 1 heterocycles. The average Bonchev–Trinajstić information content (AvgIpc) is 2.38. The second kappa shape index (κ2) is 7.05. The molecule has 1 atom stereocenters. The standard InChI is InChI=1S/C17H23ClN2/c1-4-19-15(9-12(2)3)10-13-7-8-20-17-11-14(18)5-6-16(13)17/h5-8,11-12,15,19H,4,9-10H2,1-3H3. The predicted molar refractivity (Wildman–Crippen MR) is 87.4 cm³/mol. The zero-order valence-electron chi connectivity index (χ0n) is 12.5. The fourth-order valence-corrected chi connectivity index (χ4v) is 2.89. The first-order chi connectivity index (χ1) is 9.60. The third kappa shape index (κ3) is 3.94. The van der Waals surface area contributed by atoms with E-state index in [9.17, 15) is 0 Å². The third-order valence-corrected chi connectivity index (χ3v) is 3.75. The number of hydrogen-bond donors (Lipinski definition) is 1. The zero-order valence-corrected chi connectivity index (χ0v) is 13.2. The maximum absolute atomic E-state index is 6.04. The Morgan fingerprint density at radius 3 is 2.75 bits per heavy atom. The second-order valence-corrected chi connectivity index (χ2v) is 6.16. The van der Waals surface area contributed by atoms with Crippen LogP contribution >= 0.6 is 11.6 Å². The van der Waals surface area contributed by atoms with E-state index in [1.165, 1.54) is 17.4 Å². The minimum Gasteiger partial charge on any atom is -0.314 e. The summed E-state index contributed by atoms with van der Waals surface area (Å²) >= 11 is 6.04. The van der Waals surface area contributed by atoms with Crippen LogP contribution in [-0.2, 0) is 6.42 Å². The molecule has 0 amide bonds. The summed E-state index contributed by atoms with van der Waals surface area (Å²) in [7, 11) is 0. The number of rotatable bonds is 6. The van der Waals surface area contributed by atoms with Crippen molar-refractivity contribution in [1.82, 2.24) is 10.3 Å². The summed E-state index contributed by atoms with van der Waals surface area (Å²) in [5.41, 5.74) is 2.33. The molecule has 1 unspecified atom stereocenters. The Labute approximate surface area is 126 Å². The SMILES string of the molecule is CCNC(Cc1ccnc2cc(Cl)ccc12)CC(C)C. The molecular weight excluding hydrogens is 268 g/mol. The van der Waals surface area contributed by atoms with Crippen LogP contribution in [0.15, 0.2) is 30.5 Å². The highest BCUT2D eigenvalue weighted by Crippen LogP contribution is 2.22. The quantitative estimate of drug-likeness (QED) is 0.850. The lowest BCUT2D eigenvalue weighted by Crippen LogP contribution is -2.32. The van der Waals surface area contributed by atoms with Crippen LogP contribution in [0.3, 0.4) is 0 Å². The van der Waals surface area contributed by atoms with Crippen LogP contribution in [0.25, 0.3) is 10.9 Å². The molecule has 1 aromatic carbocycles. The van der Waals surface area contributed by atoms with E-state index in [0.717, 1.165) is 23.5 Å². The zero-order chi connectivity index (χ0) is 14.5. The van der Waals surface area contributed by atoms with Gasteiger partial charge in [0.15, 0.2) is 0 Å². The first-order valence-electron chi connectivity index (χ1n) is 7.36. The largest absolute Gasteiger partial charge is 0.314 e. The minimum atomic E-state index is 0.515. The van der Waals surface area contributed by atoms with Crippen molar-refractivity contribution < 1.29 is 0 Å². The van der Waals surface area contributed by atoms with Gasteiger partial charge in [0.1, 0.15) is 0 Å². The summed E-state index contributed by atoms with van der Waals surface area (Å²) < 4.78 is 0. The van der Waals surface area contributed by atoms with Gasteiger partial charge in [-0.1, -0.05) is 38.4 Å². The first kappa shape index (κ1) is 15.3. The van der Waals surface area contributed by atoms with Crippen molar-refractivity contribution in [3.05, 3.63) is 41.0 Å². The Morgan fingerprint density at radius 1 is 1.25 bits per heavy atom. The van der Waals surface area contributed by atoms with E-state index in [4.69, 9.17) is 11.6 Å². The van der Waals surface area contributed by atoms with Crippen LogP contribution in [0.1, 0.15) is 32.8 Å². The van der Waals surface area contributed by atoms with Gasteiger partial charge in [0, 0.05) is 22.6 Å². The Kier molecular flexibility index (Phi) is 5.38. The van der Waals surface area contributed by atoms with Crippen molar-refractivity contribution in [2.45, 2.75) is 39.7 Å². The minimum absolute atomic E-state index is 0.515. The van der Waals surface area contributed by atoms with E-state index < -0.39 is 0 Å². The Bertz CT molecular complexity index is 566. The molecule has 0 saturated heterocycles. The molecular formula is C17H23ClN2.